The molecule has 0 spiro atoms. The number of aromatic nitrogens is 2. The minimum absolute atomic E-state index is 0.0649. The molecule has 0 unspecified atom stereocenters. The summed E-state index contributed by atoms with van der Waals surface area (Å²) in [5, 5.41) is 6.21. The molecule has 1 amide bonds. The largest absolute Gasteiger partial charge is 0.340 e. The molecular weight excluding hydrogens is 335 g/mol. The lowest BCUT2D eigenvalue weighted by molar-refractivity contribution is 0.0928. The fourth-order valence-electron chi connectivity index (χ4n) is 2.17. The molecule has 1 N–H and O–H groups in total. The maximum absolute atomic E-state index is 13.6. The van der Waals surface area contributed by atoms with Gasteiger partial charge in [-0.1, -0.05) is 17.3 Å². The average molecular weight is 347 g/mol. The third-order valence-electron chi connectivity index (χ3n) is 3.42. The van der Waals surface area contributed by atoms with Gasteiger partial charge in [0, 0.05) is 11.6 Å². The Balaban J connectivity index is 1.75. The summed E-state index contributed by atoms with van der Waals surface area (Å²) in [6, 6.07) is 7.55. The summed E-state index contributed by atoms with van der Waals surface area (Å²) in [5.74, 6) is -2.74. The lowest BCUT2D eigenvalue weighted by atomic mass is 10.2. The molecule has 0 aliphatic heterocycles. The van der Waals surface area contributed by atoms with Crippen molar-refractivity contribution in [2.75, 3.05) is 0 Å². The molecule has 0 fully saturated rings. The van der Waals surface area contributed by atoms with Crippen LogP contribution in [0.5, 0.6) is 0 Å². The van der Waals surface area contributed by atoms with Gasteiger partial charge in [-0.3, -0.25) is 4.79 Å². The zero-order valence-electron chi connectivity index (χ0n) is 13.0. The molecule has 3 aromatic rings. The number of carbonyl (C=O) groups is 1. The van der Waals surface area contributed by atoms with Crippen molar-refractivity contribution in [3.63, 3.8) is 0 Å². The molecule has 3 rings (SSSR count). The summed E-state index contributed by atoms with van der Waals surface area (Å²) in [6.07, 6.45) is 0. The molecule has 0 saturated carbocycles. The van der Waals surface area contributed by atoms with E-state index in [0.717, 1.165) is 12.1 Å². The molecular formula is C17H12F3N3O2. The van der Waals surface area contributed by atoms with Crippen molar-refractivity contribution in [1.82, 2.24) is 15.5 Å². The van der Waals surface area contributed by atoms with Crippen molar-refractivity contribution in [3.05, 3.63) is 71.4 Å². The SMILES string of the molecule is C[C@H](NC(=O)c1ccc(F)cc1F)c1nc(-c2cccc(F)c2)no1. The van der Waals surface area contributed by atoms with E-state index in [4.69, 9.17) is 4.52 Å². The van der Waals surface area contributed by atoms with E-state index in [0.29, 0.717) is 11.6 Å². The van der Waals surface area contributed by atoms with Crippen LogP contribution in [0, 0.1) is 17.5 Å². The molecule has 0 aliphatic carbocycles. The monoisotopic (exact) mass is 347 g/mol. The van der Waals surface area contributed by atoms with E-state index in [-0.39, 0.29) is 17.3 Å². The van der Waals surface area contributed by atoms with Crippen molar-refractivity contribution in [2.24, 2.45) is 0 Å². The number of nitrogens with zero attached hydrogens (tertiary/aromatic N) is 2. The predicted octanol–water partition coefficient (Wildman–Crippen LogP) is 3.64. The van der Waals surface area contributed by atoms with Crippen LogP contribution in [0.2, 0.25) is 0 Å². The second-order valence-corrected chi connectivity index (χ2v) is 5.29. The van der Waals surface area contributed by atoms with E-state index in [1.165, 1.54) is 18.2 Å². The van der Waals surface area contributed by atoms with Gasteiger partial charge in [0.1, 0.15) is 23.5 Å². The first-order chi connectivity index (χ1) is 11.9. The number of halogens is 3. The summed E-state index contributed by atoms with van der Waals surface area (Å²) < 4.78 is 44.8. The first-order valence-corrected chi connectivity index (χ1v) is 7.29. The quantitative estimate of drug-likeness (QED) is 0.782. The van der Waals surface area contributed by atoms with Gasteiger partial charge < -0.3 is 9.84 Å². The molecule has 128 valence electrons. The fraction of sp³-hybridized carbons (Fsp3) is 0.118. The van der Waals surface area contributed by atoms with Gasteiger partial charge in [0.2, 0.25) is 11.7 Å². The first kappa shape index (κ1) is 16.7. The highest BCUT2D eigenvalue weighted by Gasteiger charge is 2.20. The topological polar surface area (TPSA) is 68.0 Å². The highest BCUT2D eigenvalue weighted by Crippen LogP contribution is 2.20. The Morgan fingerprint density at radius 1 is 1.12 bits per heavy atom. The van der Waals surface area contributed by atoms with Crippen molar-refractivity contribution in [1.29, 1.82) is 0 Å². The highest BCUT2D eigenvalue weighted by molar-refractivity contribution is 5.94. The van der Waals surface area contributed by atoms with Crippen LogP contribution in [0.1, 0.15) is 29.2 Å². The zero-order chi connectivity index (χ0) is 18.0. The Hall–Kier alpha value is -3.16. The van der Waals surface area contributed by atoms with Crippen molar-refractivity contribution < 1.29 is 22.5 Å². The van der Waals surface area contributed by atoms with Crippen LogP contribution in [-0.2, 0) is 0 Å². The number of amides is 1. The summed E-state index contributed by atoms with van der Waals surface area (Å²) >= 11 is 0. The number of carbonyl (C=O) groups excluding carboxylic acids is 1. The Morgan fingerprint density at radius 2 is 1.88 bits per heavy atom. The average Bonchev–Trinajstić information content (AvgIpc) is 3.04. The number of rotatable bonds is 4. The molecule has 8 heteroatoms. The smallest absolute Gasteiger partial charge is 0.254 e. The van der Waals surface area contributed by atoms with E-state index in [2.05, 4.69) is 15.5 Å². The maximum Gasteiger partial charge on any atom is 0.254 e. The van der Waals surface area contributed by atoms with Crippen LogP contribution < -0.4 is 5.32 Å². The van der Waals surface area contributed by atoms with Gasteiger partial charge >= 0.3 is 0 Å². The zero-order valence-corrected chi connectivity index (χ0v) is 13.0. The van der Waals surface area contributed by atoms with Gasteiger partial charge in [0.25, 0.3) is 5.91 Å². The molecule has 25 heavy (non-hydrogen) atoms. The molecule has 5 nitrogen and oxygen atoms in total. The third kappa shape index (κ3) is 3.68. The van der Waals surface area contributed by atoms with E-state index in [9.17, 15) is 18.0 Å². The molecule has 0 bridgehead atoms. The molecule has 2 aromatic carbocycles. The summed E-state index contributed by atoms with van der Waals surface area (Å²) in [5.41, 5.74) is 0.108. The van der Waals surface area contributed by atoms with Crippen LogP contribution >= 0.6 is 0 Å². The van der Waals surface area contributed by atoms with E-state index in [1.807, 2.05) is 0 Å². The summed E-state index contributed by atoms with van der Waals surface area (Å²) in [6.45, 7) is 1.56. The number of benzene rings is 2. The van der Waals surface area contributed by atoms with Gasteiger partial charge in [-0.15, -0.1) is 0 Å². The van der Waals surface area contributed by atoms with Gasteiger partial charge in [0.05, 0.1) is 5.56 Å². The van der Waals surface area contributed by atoms with Crippen molar-refractivity contribution >= 4 is 5.91 Å². The normalized spacial score (nSPS) is 12.0. The van der Waals surface area contributed by atoms with Gasteiger partial charge in [-0.05, 0) is 31.2 Å². The van der Waals surface area contributed by atoms with Gasteiger partial charge in [-0.25, -0.2) is 13.2 Å². The number of nitrogens with one attached hydrogen (secondary N) is 1. The first-order valence-electron chi connectivity index (χ1n) is 7.29. The molecule has 1 atom stereocenters. The Kier molecular flexibility index (Phi) is 4.51. The third-order valence-corrected chi connectivity index (χ3v) is 3.42. The molecule has 0 radical (unpaired) electrons. The van der Waals surface area contributed by atoms with E-state index in [1.54, 1.807) is 13.0 Å². The number of hydrogen-bond donors (Lipinski definition) is 1. The second-order valence-electron chi connectivity index (χ2n) is 5.29. The lowest BCUT2D eigenvalue weighted by Crippen LogP contribution is -2.27. The molecule has 0 aliphatic rings. The molecule has 1 aromatic heterocycles. The highest BCUT2D eigenvalue weighted by atomic mass is 19.1. The van der Waals surface area contributed by atoms with Crippen LogP contribution in [0.3, 0.4) is 0 Å². The van der Waals surface area contributed by atoms with Crippen LogP contribution in [-0.4, -0.2) is 16.0 Å². The molecule has 1 heterocycles. The van der Waals surface area contributed by atoms with Crippen LogP contribution in [0.25, 0.3) is 11.4 Å². The van der Waals surface area contributed by atoms with Crippen molar-refractivity contribution in [3.8, 4) is 11.4 Å². The summed E-state index contributed by atoms with van der Waals surface area (Å²) in [4.78, 5) is 16.2. The minimum atomic E-state index is -0.976. The van der Waals surface area contributed by atoms with Crippen LogP contribution in [0.15, 0.2) is 47.0 Å². The predicted molar refractivity (Wildman–Crippen MR) is 81.9 cm³/mol. The van der Waals surface area contributed by atoms with Gasteiger partial charge in [0.15, 0.2) is 0 Å². The van der Waals surface area contributed by atoms with Crippen LogP contribution in [0.4, 0.5) is 13.2 Å². The van der Waals surface area contributed by atoms with Crippen molar-refractivity contribution in [2.45, 2.75) is 13.0 Å². The minimum Gasteiger partial charge on any atom is -0.340 e. The fourth-order valence-corrected chi connectivity index (χ4v) is 2.17. The maximum atomic E-state index is 13.6. The Morgan fingerprint density at radius 3 is 2.60 bits per heavy atom. The second kappa shape index (κ2) is 6.76. The molecule has 0 saturated heterocycles. The number of hydrogen-bond acceptors (Lipinski definition) is 4. The van der Waals surface area contributed by atoms with E-state index < -0.39 is 29.4 Å². The summed E-state index contributed by atoms with van der Waals surface area (Å²) in [7, 11) is 0. The lowest BCUT2D eigenvalue weighted by Gasteiger charge is -2.10. The van der Waals surface area contributed by atoms with Gasteiger partial charge in [-0.2, -0.15) is 4.98 Å². The Labute approximate surface area is 140 Å². The standard InChI is InChI=1S/C17H12F3N3O2/c1-9(21-16(24)13-6-5-12(19)8-14(13)20)17-22-15(23-25-17)10-3-2-4-11(18)7-10/h2-9H,1H3,(H,21,24)/t9-/m0/s1. The Bertz CT molecular complexity index is 927. The van der Waals surface area contributed by atoms with E-state index >= 15 is 0 Å².